The van der Waals surface area contributed by atoms with Gasteiger partial charge in [-0.1, -0.05) is 0 Å². The Bertz CT molecular complexity index is 494. The summed E-state index contributed by atoms with van der Waals surface area (Å²) >= 11 is 0. The molecule has 6 heteroatoms. The first-order valence-corrected chi connectivity index (χ1v) is 7.55. The van der Waals surface area contributed by atoms with Crippen LogP contribution in [0.4, 0.5) is 5.82 Å². The quantitative estimate of drug-likeness (QED) is 0.878. The van der Waals surface area contributed by atoms with E-state index in [-0.39, 0.29) is 11.9 Å². The molecule has 0 saturated carbocycles. The fourth-order valence-electron chi connectivity index (χ4n) is 2.97. The lowest BCUT2D eigenvalue weighted by atomic mass is 10.2. The van der Waals surface area contributed by atoms with Crippen LogP contribution in [-0.4, -0.2) is 61.7 Å². The number of methoxy groups -OCH3 is 1. The zero-order valence-electron chi connectivity index (χ0n) is 12.4. The molecule has 1 N–H and O–H groups in total. The fraction of sp³-hybridized carbons (Fsp3) is 0.600. The zero-order valence-corrected chi connectivity index (χ0v) is 12.4. The summed E-state index contributed by atoms with van der Waals surface area (Å²) in [5, 5.41) is 3.28. The third-order valence-electron chi connectivity index (χ3n) is 4.23. The average Bonchev–Trinajstić information content (AvgIpc) is 3.09. The Balaban J connectivity index is 1.58. The largest absolute Gasteiger partial charge is 0.497 e. The predicted molar refractivity (Wildman–Crippen MR) is 80.6 cm³/mol. The normalized spacial score (nSPS) is 22.4. The lowest BCUT2D eigenvalue weighted by Crippen LogP contribution is -2.53. The smallest absolute Gasteiger partial charge is 0.239 e. The van der Waals surface area contributed by atoms with E-state index in [0.29, 0.717) is 0 Å². The molecule has 2 fully saturated rings. The van der Waals surface area contributed by atoms with Gasteiger partial charge in [0.05, 0.1) is 13.2 Å². The van der Waals surface area contributed by atoms with Gasteiger partial charge in [0.15, 0.2) is 0 Å². The SMILES string of the molecule is COc1ccnc(N2CCN(C(=O)C3CCCN3)CC2)c1. The van der Waals surface area contributed by atoms with Crippen LogP contribution in [0.25, 0.3) is 0 Å². The third kappa shape index (κ3) is 3.10. The van der Waals surface area contributed by atoms with Gasteiger partial charge in [-0.15, -0.1) is 0 Å². The number of aromatic nitrogens is 1. The maximum absolute atomic E-state index is 12.4. The Morgan fingerprint density at radius 2 is 2.19 bits per heavy atom. The van der Waals surface area contributed by atoms with Crippen LogP contribution in [0.1, 0.15) is 12.8 Å². The summed E-state index contributed by atoms with van der Waals surface area (Å²) < 4.78 is 5.23. The summed E-state index contributed by atoms with van der Waals surface area (Å²) in [6, 6.07) is 3.82. The predicted octanol–water partition coefficient (Wildman–Crippen LogP) is 0.491. The second-order valence-corrected chi connectivity index (χ2v) is 5.52. The molecule has 2 aliphatic heterocycles. The van der Waals surface area contributed by atoms with Gasteiger partial charge in [-0.25, -0.2) is 4.98 Å². The molecule has 0 aromatic carbocycles. The molecule has 0 bridgehead atoms. The van der Waals surface area contributed by atoms with E-state index in [4.69, 9.17) is 4.74 Å². The molecular weight excluding hydrogens is 268 g/mol. The maximum atomic E-state index is 12.4. The number of nitrogens with zero attached hydrogens (tertiary/aromatic N) is 3. The molecule has 0 aliphatic carbocycles. The molecule has 1 aromatic heterocycles. The molecule has 1 atom stereocenters. The number of carbonyl (C=O) groups excluding carboxylic acids is 1. The fourth-order valence-corrected chi connectivity index (χ4v) is 2.97. The second kappa shape index (κ2) is 6.30. The van der Waals surface area contributed by atoms with Crippen LogP contribution in [0, 0.1) is 0 Å². The average molecular weight is 290 g/mol. The number of ether oxygens (including phenoxy) is 1. The van der Waals surface area contributed by atoms with Crippen LogP contribution in [-0.2, 0) is 4.79 Å². The van der Waals surface area contributed by atoms with Crippen LogP contribution < -0.4 is 15.0 Å². The summed E-state index contributed by atoms with van der Waals surface area (Å²) in [6.45, 7) is 4.12. The molecule has 21 heavy (non-hydrogen) atoms. The first-order valence-electron chi connectivity index (χ1n) is 7.55. The molecule has 114 valence electrons. The van der Waals surface area contributed by atoms with Crippen LogP contribution in [0.5, 0.6) is 5.75 Å². The van der Waals surface area contributed by atoms with Crippen molar-refractivity contribution in [1.29, 1.82) is 0 Å². The number of anilines is 1. The van der Waals surface area contributed by atoms with Crippen LogP contribution in [0.15, 0.2) is 18.3 Å². The molecule has 6 nitrogen and oxygen atoms in total. The van der Waals surface area contributed by atoms with Crippen molar-refractivity contribution in [1.82, 2.24) is 15.2 Å². The number of nitrogens with one attached hydrogen (secondary N) is 1. The zero-order chi connectivity index (χ0) is 14.7. The van der Waals surface area contributed by atoms with Crippen molar-refractivity contribution in [3.63, 3.8) is 0 Å². The van der Waals surface area contributed by atoms with E-state index in [9.17, 15) is 4.79 Å². The minimum Gasteiger partial charge on any atom is -0.497 e. The monoisotopic (exact) mass is 290 g/mol. The summed E-state index contributed by atoms with van der Waals surface area (Å²) in [5.74, 6) is 1.99. The Labute approximate surface area is 125 Å². The third-order valence-corrected chi connectivity index (χ3v) is 4.23. The van der Waals surface area contributed by atoms with E-state index in [2.05, 4.69) is 15.2 Å². The van der Waals surface area contributed by atoms with Crippen molar-refractivity contribution < 1.29 is 9.53 Å². The van der Waals surface area contributed by atoms with Gasteiger partial charge in [0, 0.05) is 38.4 Å². The Kier molecular flexibility index (Phi) is 4.24. The summed E-state index contributed by atoms with van der Waals surface area (Å²) in [7, 11) is 1.66. The minimum atomic E-state index is 0.0338. The van der Waals surface area contributed by atoms with Crippen LogP contribution in [0.3, 0.4) is 0 Å². The topological polar surface area (TPSA) is 57.7 Å². The van der Waals surface area contributed by atoms with Crippen molar-refractivity contribution in [2.45, 2.75) is 18.9 Å². The van der Waals surface area contributed by atoms with E-state index < -0.39 is 0 Å². The molecule has 0 radical (unpaired) electrons. The molecular formula is C15H22N4O2. The lowest BCUT2D eigenvalue weighted by molar-refractivity contribution is -0.133. The molecule has 3 heterocycles. The number of pyridine rings is 1. The van der Waals surface area contributed by atoms with Crippen LogP contribution in [0.2, 0.25) is 0 Å². The number of hydrogen-bond donors (Lipinski definition) is 1. The van der Waals surface area contributed by atoms with E-state index in [1.807, 2.05) is 17.0 Å². The van der Waals surface area contributed by atoms with Crippen molar-refractivity contribution in [2.75, 3.05) is 44.7 Å². The molecule has 1 aromatic rings. The van der Waals surface area contributed by atoms with Crippen molar-refractivity contribution in [3.8, 4) is 5.75 Å². The second-order valence-electron chi connectivity index (χ2n) is 5.52. The Morgan fingerprint density at radius 3 is 2.86 bits per heavy atom. The van der Waals surface area contributed by atoms with E-state index in [1.54, 1.807) is 13.3 Å². The van der Waals surface area contributed by atoms with E-state index in [1.165, 1.54) is 0 Å². The van der Waals surface area contributed by atoms with Gasteiger partial charge in [0.2, 0.25) is 5.91 Å². The highest BCUT2D eigenvalue weighted by Crippen LogP contribution is 2.20. The van der Waals surface area contributed by atoms with Gasteiger partial charge < -0.3 is 19.9 Å². The highest BCUT2D eigenvalue weighted by molar-refractivity contribution is 5.82. The number of carbonyl (C=O) groups is 1. The molecule has 0 spiro atoms. The number of rotatable bonds is 3. The minimum absolute atomic E-state index is 0.0338. The lowest BCUT2D eigenvalue weighted by Gasteiger charge is -2.36. The van der Waals surface area contributed by atoms with Gasteiger partial charge >= 0.3 is 0 Å². The standard InChI is InChI=1S/C15H22N4O2/c1-21-12-4-6-17-14(11-12)18-7-9-19(10-8-18)15(20)13-3-2-5-16-13/h4,6,11,13,16H,2-3,5,7-10H2,1H3. The number of piperazine rings is 1. The molecule has 1 amide bonds. The van der Waals surface area contributed by atoms with E-state index >= 15 is 0 Å². The molecule has 1 unspecified atom stereocenters. The summed E-state index contributed by atoms with van der Waals surface area (Å²) in [4.78, 5) is 20.9. The summed E-state index contributed by atoms with van der Waals surface area (Å²) in [6.07, 6.45) is 3.83. The van der Waals surface area contributed by atoms with Crippen molar-refractivity contribution in [2.24, 2.45) is 0 Å². The van der Waals surface area contributed by atoms with Gasteiger partial charge in [0.1, 0.15) is 11.6 Å². The summed E-state index contributed by atoms with van der Waals surface area (Å²) in [5.41, 5.74) is 0. The first kappa shape index (κ1) is 14.1. The Morgan fingerprint density at radius 1 is 1.38 bits per heavy atom. The highest BCUT2D eigenvalue weighted by atomic mass is 16.5. The number of amides is 1. The van der Waals surface area contributed by atoms with Crippen molar-refractivity contribution in [3.05, 3.63) is 18.3 Å². The molecule has 2 saturated heterocycles. The van der Waals surface area contributed by atoms with Gasteiger partial charge in [-0.05, 0) is 25.5 Å². The van der Waals surface area contributed by atoms with Gasteiger partial charge in [-0.3, -0.25) is 4.79 Å². The first-order chi connectivity index (χ1) is 10.3. The molecule has 3 rings (SSSR count). The van der Waals surface area contributed by atoms with Crippen LogP contribution >= 0.6 is 0 Å². The van der Waals surface area contributed by atoms with Gasteiger partial charge in [0.25, 0.3) is 0 Å². The molecule has 2 aliphatic rings. The van der Waals surface area contributed by atoms with Crippen molar-refractivity contribution >= 4 is 11.7 Å². The highest BCUT2D eigenvalue weighted by Gasteiger charge is 2.29. The number of hydrogen-bond acceptors (Lipinski definition) is 5. The van der Waals surface area contributed by atoms with E-state index in [0.717, 1.165) is 57.1 Å². The Hall–Kier alpha value is -1.82. The maximum Gasteiger partial charge on any atom is 0.239 e. The van der Waals surface area contributed by atoms with Gasteiger partial charge in [-0.2, -0.15) is 0 Å².